The molecule has 3 amide bonds. The molecular weight excluding hydrogens is 519 g/mol. The van der Waals surface area contributed by atoms with Crippen molar-refractivity contribution in [2.75, 3.05) is 50.7 Å². The molecule has 12 heteroatoms. The molecule has 5 rings (SSSR count). The lowest BCUT2D eigenvalue weighted by atomic mass is 9.95. The fourth-order valence-electron chi connectivity index (χ4n) is 6.00. The minimum Gasteiger partial charge on any atom is -0.444 e. The summed E-state index contributed by atoms with van der Waals surface area (Å²) in [6.07, 6.45) is 1.91. The summed E-state index contributed by atoms with van der Waals surface area (Å²) < 4.78 is 23.7. The minimum atomic E-state index is -0.846. The molecule has 1 atom stereocenters. The van der Waals surface area contributed by atoms with Crippen LogP contribution < -0.4 is 15.9 Å². The highest BCUT2D eigenvalue weighted by Gasteiger charge is 2.33. The van der Waals surface area contributed by atoms with E-state index in [0.717, 1.165) is 32.5 Å². The number of aryl methyl sites for hydroxylation is 1. The molecular formula is C28H39FN6O5. The van der Waals surface area contributed by atoms with Gasteiger partial charge < -0.3 is 14.5 Å². The molecule has 3 aliphatic heterocycles. The van der Waals surface area contributed by atoms with E-state index in [1.54, 1.807) is 18.0 Å². The number of hydrogen-bond donors (Lipinski definition) is 1. The Morgan fingerprint density at radius 2 is 1.68 bits per heavy atom. The van der Waals surface area contributed by atoms with Gasteiger partial charge in [-0.1, -0.05) is 0 Å². The van der Waals surface area contributed by atoms with Crippen molar-refractivity contribution in [3.8, 4) is 0 Å². The summed E-state index contributed by atoms with van der Waals surface area (Å²) >= 11 is 0. The topological polar surface area (TPSA) is 109 Å². The largest absolute Gasteiger partial charge is 0.444 e. The Labute approximate surface area is 232 Å². The van der Waals surface area contributed by atoms with Crippen LogP contribution >= 0.6 is 0 Å². The number of fused-ring (bicyclic) bond motifs is 1. The predicted molar refractivity (Wildman–Crippen MR) is 148 cm³/mol. The van der Waals surface area contributed by atoms with Gasteiger partial charge >= 0.3 is 11.8 Å². The van der Waals surface area contributed by atoms with E-state index in [0.29, 0.717) is 48.8 Å². The van der Waals surface area contributed by atoms with Gasteiger partial charge in [0.25, 0.3) is 0 Å². The second-order valence-electron chi connectivity index (χ2n) is 12.2. The van der Waals surface area contributed by atoms with Crippen molar-refractivity contribution in [1.29, 1.82) is 0 Å². The Balaban J connectivity index is 1.21. The third-order valence-corrected chi connectivity index (χ3v) is 8.18. The standard InChI is InChI=1S/C28H39FN6O5/c1-28(2,3)40-27(39)34-13-11-32(12-14-34)17-18-7-9-33(10-8-18)21-16-22-23(15-19(21)29)35(26(38)31(22)4)20-5-6-24(36)30-25(20)37/h15-16,18,20H,5-14,17H2,1-4H3,(H,30,36,37). The van der Waals surface area contributed by atoms with Crippen LogP contribution in [0.25, 0.3) is 11.0 Å². The van der Waals surface area contributed by atoms with Gasteiger partial charge in [0.15, 0.2) is 0 Å². The van der Waals surface area contributed by atoms with Gasteiger partial charge in [-0.3, -0.25) is 28.9 Å². The van der Waals surface area contributed by atoms with Crippen LogP contribution in [-0.2, 0) is 21.4 Å². The van der Waals surface area contributed by atoms with Gasteiger partial charge in [-0.2, -0.15) is 0 Å². The molecule has 0 saturated carbocycles. The maximum absolute atomic E-state index is 15.5. The molecule has 0 radical (unpaired) electrons. The van der Waals surface area contributed by atoms with Crippen molar-refractivity contribution in [2.24, 2.45) is 13.0 Å². The molecule has 0 aliphatic carbocycles. The molecule has 40 heavy (non-hydrogen) atoms. The Morgan fingerprint density at radius 1 is 1.00 bits per heavy atom. The first-order valence-electron chi connectivity index (χ1n) is 14.1. The van der Waals surface area contributed by atoms with Crippen molar-refractivity contribution in [3.63, 3.8) is 0 Å². The lowest BCUT2D eigenvalue weighted by molar-refractivity contribution is -0.135. The number of piperazine rings is 1. The van der Waals surface area contributed by atoms with Crippen LogP contribution in [0.4, 0.5) is 14.9 Å². The molecule has 1 N–H and O–H groups in total. The SMILES string of the molecule is Cn1c(=O)n(C2CCC(=O)NC2=O)c2cc(F)c(N3CCC(CN4CCN(C(=O)OC(C)(C)C)CC4)CC3)cc21. The third kappa shape index (κ3) is 5.72. The van der Waals surface area contributed by atoms with E-state index >= 15 is 4.39 Å². The summed E-state index contributed by atoms with van der Waals surface area (Å²) in [5.41, 5.74) is 0.442. The Bertz CT molecular complexity index is 1360. The van der Waals surface area contributed by atoms with Crippen LogP contribution in [0.15, 0.2) is 16.9 Å². The van der Waals surface area contributed by atoms with Crippen LogP contribution in [-0.4, -0.2) is 88.3 Å². The first-order chi connectivity index (χ1) is 18.9. The molecule has 11 nitrogen and oxygen atoms in total. The number of rotatable bonds is 4. The van der Waals surface area contributed by atoms with E-state index in [4.69, 9.17) is 4.74 Å². The average molecular weight is 559 g/mol. The first-order valence-corrected chi connectivity index (χ1v) is 14.1. The molecule has 3 aliphatic rings. The van der Waals surface area contributed by atoms with Crippen molar-refractivity contribution in [3.05, 3.63) is 28.4 Å². The first kappa shape index (κ1) is 28.1. The second-order valence-corrected chi connectivity index (χ2v) is 12.2. The lowest BCUT2D eigenvalue weighted by Gasteiger charge is -2.39. The van der Waals surface area contributed by atoms with E-state index in [1.807, 2.05) is 25.7 Å². The van der Waals surface area contributed by atoms with E-state index in [-0.39, 0.29) is 24.8 Å². The summed E-state index contributed by atoms with van der Waals surface area (Å²) in [4.78, 5) is 55.6. The van der Waals surface area contributed by atoms with Crippen LogP contribution in [0.3, 0.4) is 0 Å². The molecule has 2 aromatic rings. The van der Waals surface area contributed by atoms with E-state index in [1.165, 1.54) is 15.2 Å². The number of nitrogens with zero attached hydrogens (tertiary/aromatic N) is 5. The van der Waals surface area contributed by atoms with Crippen molar-refractivity contribution in [2.45, 2.75) is 58.1 Å². The number of carbonyl (C=O) groups is 3. The zero-order chi connectivity index (χ0) is 28.8. The highest BCUT2D eigenvalue weighted by molar-refractivity contribution is 6.00. The number of carbonyl (C=O) groups excluding carboxylic acids is 3. The van der Waals surface area contributed by atoms with E-state index in [9.17, 15) is 19.2 Å². The number of aromatic nitrogens is 2. The molecule has 4 heterocycles. The van der Waals surface area contributed by atoms with Crippen molar-refractivity contribution in [1.82, 2.24) is 24.3 Å². The van der Waals surface area contributed by atoms with Gasteiger partial charge in [0.2, 0.25) is 11.8 Å². The number of hydrogen-bond acceptors (Lipinski definition) is 7. The molecule has 218 valence electrons. The smallest absolute Gasteiger partial charge is 0.410 e. The van der Waals surface area contributed by atoms with Gasteiger partial charge in [0, 0.05) is 65.3 Å². The van der Waals surface area contributed by atoms with E-state index < -0.39 is 29.1 Å². The summed E-state index contributed by atoms with van der Waals surface area (Å²) in [6.45, 7) is 10.9. The zero-order valence-electron chi connectivity index (χ0n) is 23.7. The zero-order valence-corrected chi connectivity index (χ0v) is 23.7. The number of benzene rings is 1. The maximum Gasteiger partial charge on any atom is 0.410 e. The van der Waals surface area contributed by atoms with Crippen LogP contribution in [0.5, 0.6) is 0 Å². The monoisotopic (exact) mass is 558 g/mol. The Morgan fingerprint density at radius 3 is 2.30 bits per heavy atom. The number of anilines is 1. The second kappa shape index (κ2) is 10.9. The molecule has 0 spiro atoms. The van der Waals surface area contributed by atoms with E-state index in [2.05, 4.69) is 10.2 Å². The quantitative estimate of drug-likeness (QED) is 0.574. The molecule has 0 bridgehead atoms. The Kier molecular flexibility index (Phi) is 7.64. The predicted octanol–water partition coefficient (Wildman–Crippen LogP) is 2.23. The molecule has 3 saturated heterocycles. The van der Waals surface area contributed by atoms with Gasteiger partial charge in [-0.25, -0.2) is 14.0 Å². The molecule has 1 aromatic carbocycles. The average Bonchev–Trinajstić information content (AvgIpc) is 3.12. The molecule has 1 aromatic heterocycles. The van der Waals surface area contributed by atoms with Crippen molar-refractivity contribution >= 4 is 34.6 Å². The number of imidazole rings is 1. The Hall–Kier alpha value is -3.41. The van der Waals surface area contributed by atoms with Gasteiger partial charge in [-0.15, -0.1) is 0 Å². The fraction of sp³-hybridized carbons (Fsp3) is 0.643. The summed E-state index contributed by atoms with van der Waals surface area (Å²) in [5.74, 6) is -0.858. The third-order valence-electron chi connectivity index (χ3n) is 8.18. The van der Waals surface area contributed by atoms with Gasteiger partial charge in [0.05, 0.1) is 16.7 Å². The number of amides is 3. The number of ether oxygens (including phenoxy) is 1. The summed E-state index contributed by atoms with van der Waals surface area (Å²) in [7, 11) is 1.61. The van der Waals surface area contributed by atoms with Crippen LogP contribution in [0, 0.1) is 11.7 Å². The molecule has 1 unspecified atom stereocenters. The fourth-order valence-corrected chi connectivity index (χ4v) is 6.00. The van der Waals surface area contributed by atoms with Crippen LogP contribution in [0.2, 0.25) is 0 Å². The van der Waals surface area contributed by atoms with Gasteiger partial charge in [-0.05, 0) is 52.0 Å². The number of imide groups is 1. The normalized spacial score (nSPS) is 21.7. The number of piperidine rings is 2. The highest BCUT2D eigenvalue weighted by atomic mass is 19.1. The number of nitrogens with one attached hydrogen (secondary N) is 1. The van der Waals surface area contributed by atoms with Gasteiger partial charge in [0.1, 0.15) is 17.5 Å². The van der Waals surface area contributed by atoms with Crippen molar-refractivity contribution < 1.29 is 23.5 Å². The number of halogens is 1. The lowest BCUT2D eigenvalue weighted by Crippen LogP contribution is -2.51. The molecule has 3 fully saturated rings. The summed E-state index contributed by atoms with van der Waals surface area (Å²) in [6, 6.07) is 2.19. The highest BCUT2D eigenvalue weighted by Crippen LogP contribution is 2.31. The minimum absolute atomic E-state index is 0.133. The summed E-state index contributed by atoms with van der Waals surface area (Å²) in [5, 5.41) is 2.28. The maximum atomic E-state index is 15.5. The van der Waals surface area contributed by atoms with Crippen LogP contribution in [0.1, 0.15) is 52.5 Å².